The third-order valence-corrected chi connectivity index (χ3v) is 4.63. The van der Waals surface area contributed by atoms with Crippen LogP contribution in [0.2, 0.25) is 0 Å². The zero-order valence-electron chi connectivity index (χ0n) is 13.7. The molecule has 0 radical (unpaired) electrons. The summed E-state index contributed by atoms with van der Waals surface area (Å²) in [6, 6.07) is 14.0. The van der Waals surface area contributed by atoms with E-state index in [1.165, 1.54) is 0 Å². The van der Waals surface area contributed by atoms with Crippen LogP contribution in [0.3, 0.4) is 0 Å². The molecule has 0 aliphatic heterocycles. The molecule has 0 spiro atoms. The Labute approximate surface area is 152 Å². The molecule has 4 nitrogen and oxygen atoms in total. The summed E-state index contributed by atoms with van der Waals surface area (Å²) in [5, 5.41) is 10.4. The molecule has 0 bridgehead atoms. The van der Waals surface area contributed by atoms with Crippen molar-refractivity contribution < 1.29 is 14.3 Å². The maximum atomic E-state index is 12.6. The number of hydrogen-bond donors (Lipinski definition) is 1. The first kappa shape index (κ1) is 17.2. The molecule has 25 heavy (non-hydrogen) atoms. The normalized spacial score (nSPS) is 10.7. The average molecular weight is 399 g/mol. The quantitative estimate of drug-likeness (QED) is 0.653. The number of hydrogen-bond acceptors (Lipinski definition) is 4. The van der Waals surface area contributed by atoms with E-state index in [0.717, 1.165) is 11.1 Å². The summed E-state index contributed by atoms with van der Waals surface area (Å²) in [7, 11) is 0. The summed E-state index contributed by atoms with van der Waals surface area (Å²) in [4.78, 5) is 25.0. The first-order valence-corrected chi connectivity index (χ1v) is 8.41. The third-order valence-electron chi connectivity index (χ3n) is 3.90. The summed E-state index contributed by atoms with van der Waals surface area (Å²) in [5.74, 6) is -0.817. The number of halogens is 1. The molecule has 0 unspecified atom stereocenters. The van der Waals surface area contributed by atoms with Crippen molar-refractivity contribution in [2.45, 2.75) is 13.8 Å². The molecule has 0 aliphatic carbocycles. The van der Waals surface area contributed by atoms with Crippen LogP contribution in [-0.2, 0) is 0 Å². The molecule has 1 N–H and O–H groups in total. The van der Waals surface area contributed by atoms with Crippen LogP contribution >= 0.6 is 15.9 Å². The lowest BCUT2D eigenvalue weighted by molar-refractivity contribution is 0.103. The van der Waals surface area contributed by atoms with Crippen LogP contribution in [0.15, 0.2) is 62.2 Å². The highest BCUT2D eigenvalue weighted by atomic mass is 79.9. The van der Waals surface area contributed by atoms with Crippen LogP contribution in [-0.4, -0.2) is 10.9 Å². The van der Waals surface area contributed by atoms with Gasteiger partial charge in [-0.15, -0.1) is 0 Å². The van der Waals surface area contributed by atoms with Gasteiger partial charge in [-0.2, -0.15) is 0 Å². The fraction of sp³-hybridized carbons (Fsp3) is 0.100. The largest absolute Gasteiger partial charge is 0.506 e. The lowest BCUT2D eigenvalue weighted by Crippen LogP contribution is -2.16. The standard InChI is InChI=1S/C20H15BrO4/c1-11-3-7-13(8-4-11)17(22)15-18(23)16(21)19(25-20(15)24)14-9-5-12(2)6-10-14/h3-10,23H,1-2H3. The van der Waals surface area contributed by atoms with Gasteiger partial charge in [0.15, 0.2) is 17.1 Å². The van der Waals surface area contributed by atoms with Crippen molar-refractivity contribution in [1.29, 1.82) is 0 Å². The number of carbonyl (C=O) groups is 1. The van der Waals surface area contributed by atoms with E-state index in [0.29, 0.717) is 11.1 Å². The van der Waals surface area contributed by atoms with Crippen molar-refractivity contribution >= 4 is 21.7 Å². The number of rotatable bonds is 3. The number of ketones is 1. The number of carbonyl (C=O) groups excluding carboxylic acids is 1. The molecular formula is C20H15BrO4. The molecule has 3 aromatic rings. The lowest BCUT2D eigenvalue weighted by atomic mass is 10.0. The number of aromatic hydroxyl groups is 1. The molecule has 0 saturated heterocycles. The summed E-state index contributed by atoms with van der Waals surface area (Å²) < 4.78 is 5.50. The van der Waals surface area contributed by atoms with Crippen LogP contribution in [0, 0.1) is 13.8 Å². The van der Waals surface area contributed by atoms with Crippen molar-refractivity contribution in [3.63, 3.8) is 0 Å². The van der Waals surface area contributed by atoms with E-state index in [9.17, 15) is 14.7 Å². The van der Waals surface area contributed by atoms with E-state index in [4.69, 9.17) is 4.42 Å². The predicted octanol–water partition coefficient (Wildman–Crippen LogP) is 4.62. The second-order valence-corrected chi connectivity index (χ2v) is 6.61. The number of benzene rings is 2. The van der Waals surface area contributed by atoms with Gasteiger partial charge < -0.3 is 9.52 Å². The van der Waals surface area contributed by atoms with Crippen LogP contribution in [0.25, 0.3) is 11.3 Å². The van der Waals surface area contributed by atoms with Crippen molar-refractivity contribution in [2.75, 3.05) is 0 Å². The minimum atomic E-state index is -0.873. The second-order valence-electron chi connectivity index (χ2n) is 5.82. The summed E-state index contributed by atoms with van der Waals surface area (Å²) in [6.07, 6.45) is 0. The van der Waals surface area contributed by atoms with Gasteiger partial charge in [0.2, 0.25) is 5.78 Å². The van der Waals surface area contributed by atoms with Gasteiger partial charge in [0.1, 0.15) is 4.47 Å². The van der Waals surface area contributed by atoms with Crippen molar-refractivity contribution in [2.24, 2.45) is 0 Å². The van der Waals surface area contributed by atoms with Crippen LogP contribution in [0.5, 0.6) is 5.75 Å². The van der Waals surface area contributed by atoms with E-state index >= 15 is 0 Å². The smallest absolute Gasteiger partial charge is 0.351 e. The maximum absolute atomic E-state index is 12.6. The Morgan fingerprint density at radius 3 is 2.04 bits per heavy atom. The van der Waals surface area contributed by atoms with E-state index in [1.807, 2.05) is 26.0 Å². The number of aryl methyl sites for hydroxylation is 2. The molecule has 0 amide bonds. The Hall–Kier alpha value is -2.66. The molecule has 0 saturated carbocycles. The molecule has 126 valence electrons. The monoisotopic (exact) mass is 398 g/mol. The maximum Gasteiger partial charge on any atom is 0.351 e. The Morgan fingerprint density at radius 2 is 1.48 bits per heavy atom. The molecule has 5 heteroatoms. The van der Waals surface area contributed by atoms with Gasteiger partial charge in [0, 0.05) is 11.1 Å². The van der Waals surface area contributed by atoms with E-state index in [1.54, 1.807) is 36.4 Å². The summed E-state index contributed by atoms with van der Waals surface area (Å²) >= 11 is 3.24. The summed E-state index contributed by atoms with van der Waals surface area (Å²) in [6.45, 7) is 3.84. The average Bonchev–Trinajstić information content (AvgIpc) is 2.59. The van der Waals surface area contributed by atoms with Gasteiger partial charge in [-0.3, -0.25) is 4.79 Å². The SMILES string of the molecule is Cc1ccc(C(=O)c2c(O)c(Br)c(-c3ccc(C)cc3)oc2=O)cc1. The zero-order chi connectivity index (χ0) is 18.1. The topological polar surface area (TPSA) is 67.5 Å². The highest BCUT2D eigenvalue weighted by molar-refractivity contribution is 9.10. The molecular weight excluding hydrogens is 384 g/mol. The van der Waals surface area contributed by atoms with Gasteiger partial charge in [-0.05, 0) is 29.8 Å². The first-order valence-electron chi connectivity index (χ1n) is 7.62. The fourth-order valence-corrected chi connectivity index (χ4v) is 2.95. The third kappa shape index (κ3) is 3.28. The molecule has 1 aromatic heterocycles. The minimum Gasteiger partial charge on any atom is -0.506 e. The Balaban J connectivity index is 2.12. The second kappa shape index (κ2) is 6.69. The highest BCUT2D eigenvalue weighted by Crippen LogP contribution is 2.36. The Kier molecular flexibility index (Phi) is 4.59. The van der Waals surface area contributed by atoms with Crippen molar-refractivity contribution in [3.8, 4) is 17.1 Å². The Bertz CT molecular complexity index is 1000. The molecule has 3 rings (SSSR count). The molecule has 2 aromatic carbocycles. The minimum absolute atomic E-state index is 0.173. The van der Waals surface area contributed by atoms with Crippen LogP contribution < -0.4 is 5.63 Å². The van der Waals surface area contributed by atoms with Gasteiger partial charge in [-0.25, -0.2) is 4.79 Å². The van der Waals surface area contributed by atoms with Gasteiger partial charge >= 0.3 is 5.63 Å². The Morgan fingerprint density at radius 1 is 0.960 bits per heavy atom. The van der Waals surface area contributed by atoms with E-state index < -0.39 is 17.2 Å². The van der Waals surface area contributed by atoms with Gasteiger partial charge in [0.05, 0.1) is 0 Å². The summed E-state index contributed by atoms with van der Waals surface area (Å²) in [5.41, 5.74) is 1.72. The molecule has 0 fully saturated rings. The predicted molar refractivity (Wildman–Crippen MR) is 99.1 cm³/mol. The first-order chi connectivity index (χ1) is 11.9. The fourth-order valence-electron chi connectivity index (χ4n) is 2.44. The highest BCUT2D eigenvalue weighted by Gasteiger charge is 2.25. The van der Waals surface area contributed by atoms with E-state index in [2.05, 4.69) is 15.9 Å². The molecule has 0 aliphatic rings. The van der Waals surface area contributed by atoms with Gasteiger partial charge in [-0.1, -0.05) is 59.7 Å². The van der Waals surface area contributed by atoms with E-state index in [-0.39, 0.29) is 15.8 Å². The van der Waals surface area contributed by atoms with Crippen LogP contribution in [0.4, 0.5) is 0 Å². The van der Waals surface area contributed by atoms with Crippen molar-refractivity contribution in [1.82, 2.24) is 0 Å². The van der Waals surface area contributed by atoms with Gasteiger partial charge in [0.25, 0.3) is 0 Å². The molecule has 1 heterocycles. The lowest BCUT2D eigenvalue weighted by Gasteiger charge is -2.09. The van der Waals surface area contributed by atoms with Crippen LogP contribution in [0.1, 0.15) is 27.0 Å². The molecule has 0 atom stereocenters. The van der Waals surface area contributed by atoms with Crippen molar-refractivity contribution in [3.05, 3.63) is 85.7 Å². The zero-order valence-corrected chi connectivity index (χ0v) is 15.3.